The summed E-state index contributed by atoms with van der Waals surface area (Å²) < 4.78 is 56.6. The molecule has 1 aliphatic rings. The molecule has 4 aromatic carbocycles. The van der Waals surface area contributed by atoms with Crippen molar-refractivity contribution in [2.24, 2.45) is 0 Å². The van der Waals surface area contributed by atoms with Gasteiger partial charge in [-0.15, -0.1) is 0 Å². The summed E-state index contributed by atoms with van der Waals surface area (Å²) in [6.07, 6.45) is -0.299. The molecule has 0 bridgehead atoms. The number of alkyl halides is 3. The lowest BCUT2D eigenvalue weighted by atomic mass is 9.77. The minimum absolute atomic E-state index is 0.0177. The van der Waals surface area contributed by atoms with Gasteiger partial charge in [0.05, 0.1) is 11.1 Å². The third-order valence-electron chi connectivity index (χ3n) is 7.75. The first-order valence-corrected chi connectivity index (χ1v) is 13.9. The fourth-order valence-electron chi connectivity index (χ4n) is 5.69. The second-order valence-corrected chi connectivity index (χ2v) is 10.7. The second-order valence-electron chi connectivity index (χ2n) is 10.7. The largest absolute Gasteiger partial charge is 0.416 e. The Morgan fingerprint density at radius 1 is 0.707 bits per heavy atom. The third kappa shape index (κ3) is 6.96. The van der Waals surface area contributed by atoms with Gasteiger partial charge in [-0.25, -0.2) is 9.18 Å². The van der Waals surface area contributed by atoms with E-state index in [2.05, 4.69) is 10.6 Å². The highest BCUT2D eigenvalue weighted by atomic mass is 19.4. The number of benzene rings is 4. The maximum atomic E-state index is 14.9. The van der Waals surface area contributed by atoms with Crippen LogP contribution in [0.15, 0.2) is 103 Å². The number of nitrogens with one attached hydrogen (secondary N) is 2. The van der Waals surface area contributed by atoms with Crippen molar-refractivity contribution in [3.8, 4) is 0 Å². The van der Waals surface area contributed by atoms with E-state index in [0.717, 1.165) is 54.5 Å². The van der Waals surface area contributed by atoms with E-state index in [-0.39, 0.29) is 18.0 Å². The van der Waals surface area contributed by atoms with Crippen LogP contribution in [0.2, 0.25) is 0 Å². The molecule has 3 nitrogen and oxygen atoms in total. The van der Waals surface area contributed by atoms with Crippen LogP contribution in [-0.2, 0) is 24.6 Å². The maximum absolute atomic E-state index is 14.9. The van der Waals surface area contributed by atoms with Crippen LogP contribution < -0.4 is 10.6 Å². The molecule has 5 rings (SSSR count). The van der Waals surface area contributed by atoms with Crippen LogP contribution in [0.4, 0.5) is 22.4 Å². The number of rotatable bonds is 8. The summed E-state index contributed by atoms with van der Waals surface area (Å²) in [6.45, 7) is 0. The van der Waals surface area contributed by atoms with Gasteiger partial charge in [-0.05, 0) is 65.3 Å². The van der Waals surface area contributed by atoms with Gasteiger partial charge in [-0.1, -0.05) is 97.8 Å². The molecular formula is C34H32F4N2O. The highest BCUT2D eigenvalue weighted by Crippen LogP contribution is 2.38. The van der Waals surface area contributed by atoms with Crippen molar-refractivity contribution in [3.63, 3.8) is 0 Å². The van der Waals surface area contributed by atoms with Gasteiger partial charge in [0, 0.05) is 12.5 Å². The Labute approximate surface area is 237 Å². The van der Waals surface area contributed by atoms with Crippen LogP contribution in [0.25, 0.3) is 0 Å². The van der Waals surface area contributed by atoms with Gasteiger partial charge < -0.3 is 10.6 Å². The minimum atomic E-state index is -4.76. The van der Waals surface area contributed by atoms with Gasteiger partial charge in [0.25, 0.3) is 0 Å². The number of hydrogen-bond donors (Lipinski definition) is 2. The molecule has 212 valence electrons. The van der Waals surface area contributed by atoms with Crippen molar-refractivity contribution in [2.45, 2.75) is 56.3 Å². The Bertz CT molecular complexity index is 1450. The number of carbonyl (C=O) groups is 1. The third-order valence-corrected chi connectivity index (χ3v) is 7.75. The summed E-state index contributed by atoms with van der Waals surface area (Å²) in [4.78, 5) is 13.5. The molecule has 0 aliphatic heterocycles. The molecule has 0 heterocycles. The first-order chi connectivity index (χ1) is 19.7. The Hall–Kier alpha value is -4.13. The van der Waals surface area contributed by atoms with Crippen LogP contribution in [0, 0.1) is 5.82 Å². The Kier molecular flexibility index (Phi) is 8.43. The van der Waals surface area contributed by atoms with E-state index in [9.17, 15) is 22.4 Å². The number of carbonyl (C=O) groups excluding carboxylic acids is 1. The van der Waals surface area contributed by atoms with E-state index in [4.69, 9.17) is 0 Å². The minimum Gasteiger partial charge on any atom is -0.335 e. The van der Waals surface area contributed by atoms with Crippen molar-refractivity contribution in [1.82, 2.24) is 10.6 Å². The zero-order valence-corrected chi connectivity index (χ0v) is 22.6. The van der Waals surface area contributed by atoms with Crippen molar-refractivity contribution < 1.29 is 22.4 Å². The van der Waals surface area contributed by atoms with Gasteiger partial charge in [0.1, 0.15) is 5.82 Å². The number of hydrogen-bond acceptors (Lipinski definition) is 1. The van der Waals surface area contributed by atoms with Gasteiger partial charge in [0.2, 0.25) is 0 Å². The first-order valence-electron chi connectivity index (χ1n) is 13.9. The first kappa shape index (κ1) is 28.4. The predicted octanol–water partition coefficient (Wildman–Crippen LogP) is 8.16. The lowest BCUT2D eigenvalue weighted by Gasteiger charge is -2.37. The molecule has 1 saturated carbocycles. The fraction of sp³-hybridized carbons (Fsp3) is 0.265. The topological polar surface area (TPSA) is 41.1 Å². The van der Waals surface area contributed by atoms with Crippen LogP contribution >= 0.6 is 0 Å². The highest BCUT2D eigenvalue weighted by Gasteiger charge is 2.40. The molecule has 4 aromatic rings. The van der Waals surface area contributed by atoms with Gasteiger partial charge in [-0.3, -0.25) is 0 Å². The molecule has 0 saturated heterocycles. The summed E-state index contributed by atoms with van der Waals surface area (Å²) in [6, 6.07) is 28.5. The normalized spacial score (nSPS) is 15.3. The van der Waals surface area contributed by atoms with Crippen LogP contribution in [0.3, 0.4) is 0 Å². The molecule has 7 heteroatoms. The molecule has 1 aliphatic carbocycles. The number of halogens is 4. The van der Waals surface area contributed by atoms with E-state index >= 15 is 0 Å². The van der Waals surface area contributed by atoms with Crippen LogP contribution in [-0.4, -0.2) is 12.1 Å². The molecule has 1 unspecified atom stereocenters. The summed E-state index contributed by atoms with van der Waals surface area (Å²) in [7, 11) is 0. The van der Waals surface area contributed by atoms with E-state index in [1.54, 1.807) is 0 Å². The zero-order chi connectivity index (χ0) is 28.9. The SMILES string of the molecule is O=C(NC1CCCC1)NC(Cc1ccccc1)(c1ccc(Cc2ccccc2)cc1)c1cc(F)cc(C(F)(F)F)c1. The second kappa shape index (κ2) is 12.2. The molecular weight excluding hydrogens is 528 g/mol. The van der Waals surface area contributed by atoms with Crippen LogP contribution in [0.1, 0.15) is 59.1 Å². The molecule has 1 fully saturated rings. The number of amides is 2. The highest BCUT2D eigenvalue weighted by molar-refractivity contribution is 5.76. The molecule has 0 aromatic heterocycles. The van der Waals surface area contributed by atoms with Crippen LogP contribution in [0.5, 0.6) is 0 Å². The van der Waals surface area contributed by atoms with E-state index < -0.39 is 29.1 Å². The number of urea groups is 1. The van der Waals surface area contributed by atoms with Gasteiger partial charge in [0.15, 0.2) is 0 Å². The van der Waals surface area contributed by atoms with Crippen molar-refractivity contribution in [2.75, 3.05) is 0 Å². The lowest BCUT2D eigenvalue weighted by Crippen LogP contribution is -2.53. The molecule has 41 heavy (non-hydrogen) atoms. The molecule has 1 atom stereocenters. The Balaban J connectivity index is 1.63. The lowest BCUT2D eigenvalue weighted by molar-refractivity contribution is -0.137. The monoisotopic (exact) mass is 560 g/mol. The Morgan fingerprint density at radius 2 is 1.27 bits per heavy atom. The average molecular weight is 561 g/mol. The summed E-state index contributed by atoms with van der Waals surface area (Å²) >= 11 is 0. The van der Waals surface area contributed by atoms with Gasteiger partial charge in [-0.2, -0.15) is 13.2 Å². The van der Waals surface area contributed by atoms with Crippen molar-refractivity contribution in [1.29, 1.82) is 0 Å². The van der Waals surface area contributed by atoms with Crippen molar-refractivity contribution >= 4 is 6.03 Å². The van der Waals surface area contributed by atoms with E-state index in [1.807, 2.05) is 84.9 Å². The zero-order valence-electron chi connectivity index (χ0n) is 22.6. The standard InChI is InChI=1S/C34H32F4N2O/c35-30-21-28(20-29(22-30)34(36,37)38)33(23-26-11-5-2-6-12-26,40-32(41)39-31-13-7-8-14-31)27-17-15-25(16-18-27)19-24-9-3-1-4-10-24/h1-6,9-12,15-18,20-22,31H,7-8,13-14,19,23H2,(H2,39,40,41). The van der Waals surface area contributed by atoms with E-state index in [1.165, 1.54) is 0 Å². The maximum Gasteiger partial charge on any atom is 0.416 e. The smallest absolute Gasteiger partial charge is 0.335 e. The quantitative estimate of drug-likeness (QED) is 0.210. The predicted molar refractivity (Wildman–Crippen MR) is 152 cm³/mol. The summed E-state index contributed by atoms with van der Waals surface area (Å²) in [5.74, 6) is -1.02. The van der Waals surface area contributed by atoms with Crippen molar-refractivity contribution in [3.05, 3.63) is 142 Å². The molecule has 2 N–H and O–H groups in total. The molecule has 0 radical (unpaired) electrons. The van der Waals surface area contributed by atoms with E-state index in [0.29, 0.717) is 18.1 Å². The van der Waals surface area contributed by atoms with Gasteiger partial charge >= 0.3 is 12.2 Å². The Morgan fingerprint density at radius 3 is 1.88 bits per heavy atom. The molecule has 0 spiro atoms. The molecule has 2 amide bonds. The summed E-state index contributed by atoms with van der Waals surface area (Å²) in [5, 5.41) is 6.03. The average Bonchev–Trinajstić information content (AvgIpc) is 3.46. The fourth-order valence-corrected chi connectivity index (χ4v) is 5.69. The summed E-state index contributed by atoms with van der Waals surface area (Å²) in [5.41, 5.74) is 0.870.